The van der Waals surface area contributed by atoms with Crippen molar-refractivity contribution in [2.45, 2.75) is 6.54 Å². The Morgan fingerprint density at radius 3 is 2.17 bits per heavy atom. The molecule has 1 aromatic heterocycles. The minimum absolute atomic E-state index is 0.812. The number of imidazole rings is 1. The summed E-state index contributed by atoms with van der Waals surface area (Å²) in [6, 6.07) is 26.6. The van der Waals surface area contributed by atoms with Gasteiger partial charge in [0.2, 0.25) is 0 Å². The Hall–Kier alpha value is -3.31. The van der Waals surface area contributed by atoms with E-state index in [1.807, 2.05) is 54.9 Å². The van der Waals surface area contributed by atoms with Crippen LogP contribution in [0.3, 0.4) is 0 Å². The third kappa shape index (κ3) is 3.06. The topological polar surface area (TPSA) is 17.8 Å². The molecule has 0 aliphatic heterocycles. The number of para-hydroxylation sites is 2. The highest BCUT2D eigenvalue weighted by molar-refractivity contribution is 5.75. The van der Waals surface area contributed by atoms with E-state index >= 15 is 0 Å². The largest absolute Gasteiger partial charge is 0.326 e. The zero-order chi connectivity index (χ0) is 16.2. The number of benzene rings is 3. The minimum Gasteiger partial charge on any atom is -0.326 e. The first-order chi connectivity index (χ1) is 11.9. The molecule has 114 valence electrons. The van der Waals surface area contributed by atoms with Crippen LogP contribution in [0.15, 0.2) is 85.2 Å². The molecule has 0 bridgehead atoms. The number of hydrogen-bond donors (Lipinski definition) is 0. The van der Waals surface area contributed by atoms with Crippen LogP contribution >= 0.6 is 0 Å². The lowest BCUT2D eigenvalue weighted by Crippen LogP contribution is -1.97. The van der Waals surface area contributed by atoms with E-state index in [9.17, 15) is 0 Å². The van der Waals surface area contributed by atoms with Crippen LogP contribution in [0.25, 0.3) is 11.0 Å². The molecule has 0 unspecified atom stereocenters. The molecule has 0 aliphatic rings. The zero-order valence-corrected chi connectivity index (χ0v) is 13.2. The summed E-state index contributed by atoms with van der Waals surface area (Å²) >= 11 is 0. The summed E-state index contributed by atoms with van der Waals surface area (Å²) in [5.74, 6) is 6.39. The molecule has 0 atom stereocenters. The van der Waals surface area contributed by atoms with Gasteiger partial charge in [-0.05, 0) is 42.0 Å². The Balaban J connectivity index is 1.53. The van der Waals surface area contributed by atoms with Gasteiger partial charge in [-0.3, -0.25) is 0 Å². The number of aromatic nitrogens is 2. The molecule has 1 heterocycles. The first-order valence-electron chi connectivity index (χ1n) is 7.94. The minimum atomic E-state index is 0.812. The van der Waals surface area contributed by atoms with E-state index < -0.39 is 0 Å². The summed E-state index contributed by atoms with van der Waals surface area (Å²) in [4.78, 5) is 4.44. The normalized spacial score (nSPS) is 10.3. The van der Waals surface area contributed by atoms with E-state index in [1.165, 1.54) is 5.56 Å². The van der Waals surface area contributed by atoms with Crippen molar-refractivity contribution < 1.29 is 0 Å². The Morgan fingerprint density at radius 2 is 1.38 bits per heavy atom. The van der Waals surface area contributed by atoms with Crippen LogP contribution in [0.1, 0.15) is 16.7 Å². The lowest BCUT2D eigenvalue weighted by molar-refractivity contribution is 0.824. The summed E-state index contributed by atoms with van der Waals surface area (Å²) in [5, 5.41) is 0. The van der Waals surface area contributed by atoms with E-state index in [0.29, 0.717) is 0 Å². The number of rotatable bonds is 2. The molecule has 0 spiro atoms. The summed E-state index contributed by atoms with van der Waals surface area (Å²) in [5.41, 5.74) is 5.49. The van der Waals surface area contributed by atoms with Crippen LogP contribution in [-0.4, -0.2) is 9.55 Å². The highest BCUT2D eigenvalue weighted by Crippen LogP contribution is 2.14. The van der Waals surface area contributed by atoms with Gasteiger partial charge in [-0.1, -0.05) is 54.3 Å². The predicted octanol–water partition coefficient (Wildman–Crippen LogP) is 4.48. The van der Waals surface area contributed by atoms with Gasteiger partial charge in [-0.25, -0.2) is 4.98 Å². The van der Waals surface area contributed by atoms with Gasteiger partial charge in [0.1, 0.15) is 0 Å². The van der Waals surface area contributed by atoms with Gasteiger partial charge in [-0.15, -0.1) is 0 Å². The lowest BCUT2D eigenvalue weighted by atomic mass is 10.1. The molecule has 2 heteroatoms. The number of hydrogen-bond acceptors (Lipinski definition) is 1. The molecule has 0 saturated carbocycles. The quantitative estimate of drug-likeness (QED) is 0.499. The monoisotopic (exact) mass is 308 g/mol. The fourth-order valence-electron chi connectivity index (χ4n) is 2.69. The molecule has 4 rings (SSSR count). The maximum absolute atomic E-state index is 4.44. The maximum atomic E-state index is 4.44. The van der Waals surface area contributed by atoms with E-state index in [-0.39, 0.29) is 0 Å². The molecule has 3 aromatic carbocycles. The van der Waals surface area contributed by atoms with E-state index in [2.05, 4.69) is 51.7 Å². The van der Waals surface area contributed by atoms with E-state index in [1.54, 1.807) is 0 Å². The lowest BCUT2D eigenvalue weighted by Gasteiger charge is -2.04. The van der Waals surface area contributed by atoms with Crippen LogP contribution < -0.4 is 0 Å². The van der Waals surface area contributed by atoms with Gasteiger partial charge < -0.3 is 4.57 Å². The van der Waals surface area contributed by atoms with Gasteiger partial charge in [0.15, 0.2) is 0 Å². The van der Waals surface area contributed by atoms with Crippen molar-refractivity contribution in [1.29, 1.82) is 0 Å². The Kier molecular flexibility index (Phi) is 3.83. The molecular formula is C22H16N2. The van der Waals surface area contributed by atoms with Crippen molar-refractivity contribution in [3.8, 4) is 11.8 Å². The van der Waals surface area contributed by atoms with E-state index in [0.717, 1.165) is 28.7 Å². The van der Waals surface area contributed by atoms with Crippen LogP contribution in [0, 0.1) is 11.8 Å². The molecule has 0 aliphatic carbocycles. The van der Waals surface area contributed by atoms with Gasteiger partial charge in [0, 0.05) is 17.7 Å². The fourth-order valence-corrected chi connectivity index (χ4v) is 2.69. The van der Waals surface area contributed by atoms with Crippen molar-refractivity contribution in [2.75, 3.05) is 0 Å². The third-order valence-corrected chi connectivity index (χ3v) is 3.96. The highest BCUT2D eigenvalue weighted by Gasteiger charge is 2.02. The highest BCUT2D eigenvalue weighted by atomic mass is 15.0. The first-order valence-corrected chi connectivity index (χ1v) is 7.94. The van der Waals surface area contributed by atoms with Crippen molar-refractivity contribution in [3.05, 3.63) is 102 Å². The standard InChI is InChI=1S/C22H16N2/c1-2-6-18(7-3-1)10-11-19-12-14-20(15-13-19)16-24-17-23-21-8-4-5-9-22(21)24/h1-9,12-15,17H,16H2. The Labute approximate surface area is 141 Å². The molecule has 0 amide bonds. The van der Waals surface area contributed by atoms with Gasteiger partial charge in [0.05, 0.1) is 17.4 Å². The van der Waals surface area contributed by atoms with Crippen LogP contribution in [0.5, 0.6) is 0 Å². The van der Waals surface area contributed by atoms with Gasteiger partial charge in [-0.2, -0.15) is 0 Å². The van der Waals surface area contributed by atoms with Gasteiger partial charge >= 0.3 is 0 Å². The predicted molar refractivity (Wildman–Crippen MR) is 97.7 cm³/mol. The van der Waals surface area contributed by atoms with Crippen molar-refractivity contribution in [2.24, 2.45) is 0 Å². The van der Waals surface area contributed by atoms with Crippen molar-refractivity contribution >= 4 is 11.0 Å². The summed E-state index contributed by atoms with van der Waals surface area (Å²) in [6.45, 7) is 0.812. The molecule has 0 saturated heterocycles. The molecular weight excluding hydrogens is 292 g/mol. The molecule has 2 nitrogen and oxygen atoms in total. The summed E-state index contributed by atoms with van der Waals surface area (Å²) in [7, 11) is 0. The van der Waals surface area contributed by atoms with Crippen LogP contribution in [-0.2, 0) is 6.54 Å². The summed E-state index contributed by atoms with van der Waals surface area (Å²) < 4.78 is 2.17. The fraction of sp³-hybridized carbons (Fsp3) is 0.0455. The molecule has 0 fully saturated rings. The average Bonchev–Trinajstić information content (AvgIpc) is 3.05. The number of fused-ring (bicyclic) bond motifs is 1. The number of nitrogens with zero attached hydrogens (tertiary/aromatic N) is 2. The Bertz CT molecular complexity index is 1020. The van der Waals surface area contributed by atoms with Crippen LogP contribution in [0.2, 0.25) is 0 Å². The van der Waals surface area contributed by atoms with Crippen molar-refractivity contribution in [3.63, 3.8) is 0 Å². The summed E-state index contributed by atoms with van der Waals surface area (Å²) in [6.07, 6.45) is 1.90. The Morgan fingerprint density at radius 1 is 0.708 bits per heavy atom. The SMILES string of the molecule is C(#Cc1ccc(Cn2cnc3ccccc32)cc1)c1ccccc1. The van der Waals surface area contributed by atoms with Crippen molar-refractivity contribution in [1.82, 2.24) is 9.55 Å². The zero-order valence-electron chi connectivity index (χ0n) is 13.2. The van der Waals surface area contributed by atoms with E-state index in [4.69, 9.17) is 0 Å². The first kappa shape index (κ1) is 14.3. The molecule has 0 radical (unpaired) electrons. The molecule has 4 aromatic rings. The second-order valence-electron chi connectivity index (χ2n) is 5.67. The molecule has 24 heavy (non-hydrogen) atoms. The third-order valence-electron chi connectivity index (χ3n) is 3.96. The molecule has 0 N–H and O–H groups in total. The smallest absolute Gasteiger partial charge is 0.0961 e. The second kappa shape index (κ2) is 6.44. The average molecular weight is 308 g/mol. The van der Waals surface area contributed by atoms with Gasteiger partial charge in [0.25, 0.3) is 0 Å². The van der Waals surface area contributed by atoms with Crippen LogP contribution in [0.4, 0.5) is 0 Å². The second-order valence-corrected chi connectivity index (χ2v) is 5.67. The maximum Gasteiger partial charge on any atom is 0.0961 e.